The van der Waals surface area contributed by atoms with Crippen LogP contribution < -0.4 is 15.0 Å². The maximum absolute atomic E-state index is 12.9. The largest absolute Gasteiger partial charge is 0.476 e. The Balaban J connectivity index is 1.49. The summed E-state index contributed by atoms with van der Waals surface area (Å²) in [6.45, 7) is 5.72. The van der Waals surface area contributed by atoms with Crippen LogP contribution in [0.5, 0.6) is 5.75 Å². The number of carbonyl (C=O) groups excluding carboxylic acids is 2. The minimum atomic E-state index is -0.968. The van der Waals surface area contributed by atoms with Gasteiger partial charge < -0.3 is 15.0 Å². The van der Waals surface area contributed by atoms with E-state index >= 15 is 0 Å². The van der Waals surface area contributed by atoms with E-state index in [1.54, 1.807) is 24.9 Å². The molecule has 7 nitrogen and oxygen atoms in total. The highest BCUT2D eigenvalue weighted by Crippen LogP contribution is 2.38. The summed E-state index contributed by atoms with van der Waals surface area (Å²) in [4.78, 5) is 27.0. The van der Waals surface area contributed by atoms with Gasteiger partial charge in [0.25, 0.3) is 5.91 Å². The van der Waals surface area contributed by atoms with Gasteiger partial charge in [-0.3, -0.25) is 14.7 Å². The molecule has 0 unspecified atom stereocenters. The second-order valence-electron chi connectivity index (χ2n) is 7.51. The van der Waals surface area contributed by atoms with E-state index in [4.69, 9.17) is 4.74 Å². The third kappa shape index (κ3) is 3.31. The van der Waals surface area contributed by atoms with Crippen molar-refractivity contribution in [2.75, 3.05) is 16.8 Å². The zero-order valence-corrected chi connectivity index (χ0v) is 16.1. The van der Waals surface area contributed by atoms with Gasteiger partial charge in [0.1, 0.15) is 5.75 Å². The first-order valence-corrected chi connectivity index (χ1v) is 9.18. The predicted octanol–water partition coefficient (Wildman–Crippen LogP) is 3.40. The van der Waals surface area contributed by atoms with Crippen LogP contribution in [0.3, 0.4) is 0 Å². The van der Waals surface area contributed by atoms with Crippen LogP contribution >= 0.6 is 0 Å². The van der Waals surface area contributed by atoms with Gasteiger partial charge in [-0.05, 0) is 56.7 Å². The Morgan fingerprint density at radius 3 is 2.89 bits per heavy atom. The number of aromatic amines is 1. The molecule has 2 N–H and O–H groups in total. The van der Waals surface area contributed by atoms with Crippen LogP contribution in [-0.2, 0) is 9.59 Å². The molecule has 144 valence electrons. The summed E-state index contributed by atoms with van der Waals surface area (Å²) in [5, 5.41) is 10.7. The van der Waals surface area contributed by atoms with E-state index in [9.17, 15) is 9.59 Å². The lowest BCUT2D eigenvalue weighted by atomic mass is 10.0. The van der Waals surface area contributed by atoms with Gasteiger partial charge in [0.05, 0.1) is 17.4 Å². The molecule has 0 fully saturated rings. The molecule has 0 saturated carbocycles. The van der Waals surface area contributed by atoms with Crippen molar-refractivity contribution in [3.05, 3.63) is 48.2 Å². The number of ether oxygens (including phenoxy) is 1. The lowest BCUT2D eigenvalue weighted by Crippen LogP contribution is -2.53. The number of hydrogen-bond acceptors (Lipinski definition) is 4. The molecule has 3 aromatic rings. The van der Waals surface area contributed by atoms with Crippen molar-refractivity contribution < 1.29 is 14.3 Å². The third-order valence-electron chi connectivity index (χ3n) is 4.82. The van der Waals surface area contributed by atoms with E-state index in [0.717, 1.165) is 16.5 Å². The Bertz CT molecular complexity index is 1070. The first-order chi connectivity index (χ1) is 13.3. The van der Waals surface area contributed by atoms with Crippen LogP contribution in [0, 0.1) is 6.92 Å². The Labute approximate surface area is 162 Å². The van der Waals surface area contributed by atoms with Crippen molar-refractivity contribution in [3.63, 3.8) is 0 Å². The molecule has 2 heterocycles. The fourth-order valence-electron chi connectivity index (χ4n) is 3.35. The SMILES string of the molecule is Cc1ccc2c(c1)N(CCC(=O)Nc1ccc3cn[nH]c3c1)C(=O)C(C)(C)O2. The number of carbonyl (C=O) groups is 2. The monoisotopic (exact) mass is 378 g/mol. The number of anilines is 2. The van der Waals surface area contributed by atoms with Gasteiger partial charge in [0, 0.05) is 24.0 Å². The van der Waals surface area contributed by atoms with Crippen LogP contribution in [-0.4, -0.2) is 34.2 Å². The van der Waals surface area contributed by atoms with Crippen LogP contribution in [0.2, 0.25) is 0 Å². The Kier molecular flexibility index (Phi) is 4.30. The third-order valence-corrected chi connectivity index (χ3v) is 4.82. The number of H-pyrrole nitrogens is 1. The van der Waals surface area contributed by atoms with Crippen LogP contribution in [0.1, 0.15) is 25.8 Å². The minimum Gasteiger partial charge on any atom is -0.476 e. The summed E-state index contributed by atoms with van der Waals surface area (Å²) in [7, 11) is 0. The van der Waals surface area contributed by atoms with E-state index in [1.165, 1.54) is 0 Å². The van der Waals surface area contributed by atoms with Gasteiger partial charge in [0.2, 0.25) is 5.91 Å². The molecule has 7 heteroatoms. The number of benzene rings is 2. The van der Waals surface area contributed by atoms with Crippen molar-refractivity contribution >= 4 is 34.1 Å². The Morgan fingerprint density at radius 2 is 2.07 bits per heavy atom. The fourth-order valence-corrected chi connectivity index (χ4v) is 3.35. The van der Waals surface area contributed by atoms with Crippen LogP contribution in [0.25, 0.3) is 10.9 Å². The van der Waals surface area contributed by atoms with Crippen LogP contribution in [0.15, 0.2) is 42.6 Å². The lowest BCUT2D eigenvalue weighted by Gasteiger charge is -2.38. The summed E-state index contributed by atoms with van der Waals surface area (Å²) in [5.41, 5.74) is 2.30. The van der Waals surface area contributed by atoms with E-state index in [2.05, 4.69) is 15.5 Å². The maximum Gasteiger partial charge on any atom is 0.270 e. The summed E-state index contributed by atoms with van der Waals surface area (Å²) in [6.07, 6.45) is 1.91. The number of nitrogens with zero attached hydrogens (tertiary/aromatic N) is 2. The molecule has 0 aliphatic carbocycles. The van der Waals surface area contributed by atoms with Gasteiger partial charge in [-0.1, -0.05) is 6.07 Å². The number of aromatic nitrogens is 2. The highest BCUT2D eigenvalue weighted by Gasteiger charge is 2.40. The first kappa shape index (κ1) is 18.0. The quantitative estimate of drug-likeness (QED) is 0.728. The number of hydrogen-bond donors (Lipinski definition) is 2. The molecule has 0 saturated heterocycles. The molecule has 28 heavy (non-hydrogen) atoms. The number of fused-ring (bicyclic) bond motifs is 2. The Hall–Kier alpha value is -3.35. The summed E-state index contributed by atoms with van der Waals surface area (Å²) in [6, 6.07) is 11.3. The standard InChI is InChI=1S/C21H22N4O3/c1-13-4-7-18-17(10-13)25(20(27)21(2,3)28-18)9-8-19(26)23-15-6-5-14-12-22-24-16(14)11-15/h4-7,10-12H,8-9H2,1-3H3,(H,22,24)(H,23,26). The van der Waals surface area contributed by atoms with Crippen molar-refractivity contribution in [1.82, 2.24) is 10.2 Å². The molecule has 2 amide bonds. The van der Waals surface area contributed by atoms with Gasteiger partial charge in [-0.25, -0.2) is 0 Å². The van der Waals surface area contributed by atoms with Crippen molar-refractivity contribution in [3.8, 4) is 5.75 Å². The molecule has 1 aromatic heterocycles. The first-order valence-electron chi connectivity index (χ1n) is 9.18. The molecule has 0 bridgehead atoms. The predicted molar refractivity (Wildman–Crippen MR) is 108 cm³/mol. The van der Waals surface area contributed by atoms with E-state index in [1.807, 2.05) is 43.3 Å². The molecular weight excluding hydrogens is 356 g/mol. The van der Waals surface area contributed by atoms with Crippen molar-refractivity contribution in [2.45, 2.75) is 32.8 Å². The summed E-state index contributed by atoms with van der Waals surface area (Å²) >= 11 is 0. The molecule has 0 radical (unpaired) electrons. The highest BCUT2D eigenvalue weighted by molar-refractivity contribution is 6.03. The normalized spacial score (nSPS) is 15.2. The van der Waals surface area contributed by atoms with Gasteiger partial charge >= 0.3 is 0 Å². The molecule has 1 aliphatic heterocycles. The Morgan fingerprint density at radius 1 is 1.25 bits per heavy atom. The average Bonchev–Trinajstić information content (AvgIpc) is 3.10. The smallest absolute Gasteiger partial charge is 0.270 e. The maximum atomic E-state index is 12.9. The lowest BCUT2D eigenvalue weighted by molar-refractivity contribution is -0.132. The van der Waals surface area contributed by atoms with Crippen LogP contribution in [0.4, 0.5) is 11.4 Å². The number of aryl methyl sites for hydroxylation is 1. The van der Waals surface area contributed by atoms with Gasteiger partial charge in [0.15, 0.2) is 5.60 Å². The van der Waals surface area contributed by atoms with Gasteiger partial charge in [-0.15, -0.1) is 0 Å². The highest BCUT2D eigenvalue weighted by atomic mass is 16.5. The zero-order chi connectivity index (χ0) is 19.9. The van der Waals surface area contributed by atoms with Crippen molar-refractivity contribution in [2.24, 2.45) is 0 Å². The molecule has 0 spiro atoms. The van der Waals surface area contributed by atoms with Crippen molar-refractivity contribution in [1.29, 1.82) is 0 Å². The molecule has 4 rings (SSSR count). The number of amides is 2. The second kappa shape index (κ2) is 6.67. The molecule has 1 aliphatic rings. The molecule has 2 aromatic carbocycles. The zero-order valence-electron chi connectivity index (χ0n) is 16.1. The van der Waals surface area contributed by atoms with E-state index < -0.39 is 5.60 Å². The minimum absolute atomic E-state index is 0.155. The fraction of sp³-hybridized carbons (Fsp3) is 0.286. The molecule has 0 atom stereocenters. The summed E-state index contributed by atoms with van der Waals surface area (Å²) < 4.78 is 5.85. The molecular formula is C21H22N4O3. The number of nitrogens with one attached hydrogen (secondary N) is 2. The van der Waals surface area contributed by atoms with E-state index in [0.29, 0.717) is 17.1 Å². The number of rotatable bonds is 4. The topological polar surface area (TPSA) is 87.3 Å². The summed E-state index contributed by atoms with van der Waals surface area (Å²) in [5.74, 6) is 0.336. The van der Waals surface area contributed by atoms with Gasteiger partial charge in [-0.2, -0.15) is 5.10 Å². The van der Waals surface area contributed by atoms with E-state index in [-0.39, 0.29) is 24.8 Å². The second-order valence-corrected chi connectivity index (χ2v) is 7.51. The average molecular weight is 378 g/mol.